The average molecular weight is 420 g/mol. The Hall–Kier alpha value is -3.52. The first kappa shape index (κ1) is 19.8. The Balaban J connectivity index is 1.52. The molecule has 0 bridgehead atoms. The lowest BCUT2D eigenvalue weighted by atomic mass is 10.1. The third-order valence-corrected chi connectivity index (χ3v) is 5.38. The molecule has 0 radical (unpaired) electrons. The van der Waals surface area contributed by atoms with Crippen molar-refractivity contribution in [3.63, 3.8) is 0 Å². The minimum Gasteiger partial charge on any atom is -0.494 e. The zero-order valence-corrected chi connectivity index (χ0v) is 17.4. The molecule has 152 valence electrons. The first-order chi connectivity index (χ1) is 14.5. The summed E-state index contributed by atoms with van der Waals surface area (Å²) < 4.78 is 6.67. The number of rotatable bonds is 6. The van der Waals surface area contributed by atoms with Crippen LogP contribution in [-0.2, 0) is 6.54 Å². The number of carbonyl (C=O) groups is 1. The van der Waals surface area contributed by atoms with Crippen LogP contribution in [0.25, 0.3) is 15.5 Å². The molecule has 2 aromatic carbocycles. The molecule has 0 unspecified atom stereocenters. The van der Waals surface area contributed by atoms with Crippen LogP contribution in [0.4, 0.5) is 0 Å². The molecule has 1 N–H and O–H groups in total. The minimum atomic E-state index is -0.277. The third kappa shape index (κ3) is 4.23. The maximum Gasteiger partial charge on any atom is 0.275 e. The third-order valence-electron chi connectivity index (χ3n) is 4.42. The Labute approximate surface area is 177 Å². The maximum absolute atomic E-state index is 12.5. The van der Waals surface area contributed by atoms with E-state index >= 15 is 0 Å². The monoisotopic (exact) mass is 420 g/mol. The van der Waals surface area contributed by atoms with Crippen LogP contribution >= 0.6 is 11.3 Å². The second kappa shape index (κ2) is 8.46. The van der Waals surface area contributed by atoms with Crippen molar-refractivity contribution in [2.45, 2.75) is 20.4 Å². The fraction of sp³-hybridized carbons (Fsp3) is 0.182. The number of nitrogens with zero attached hydrogens (tertiary/aromatic N) is 3. The van der Waals surface area contributed by atoms with Crippen molar-refractivity contribution in [1.29, 1.82) is 0 Å². The molecular formula is C22H20N4O3S. The number of aryl methyl sites for hydroxylation is 1. The van der Waals surface area contributed by atoms with Crippen LogP contribution in [0.1, 0.15) is 28.5 Å². The molecule has 7 nitrogen and oxygen atoms in total. The summed E-state index contributed by atoms with van der Waals surface area (Å²) in [4.78, 5) is 29.8. The highest BCUT2D eigenvalue weighted by molar-refractivity contribution is 7.19. The van der Waals surface area contributed by atoms with Crippen molar-refractivity contribution in [2.75, 3.05) is 6.61 Å². The van der Waals surface area contributed by atoms with Crippen molar-refractivity contribution in [1.82, 2.24) is 19.9 Å². The fourth-order valence-electron chi connectivity index (χ4n) is 2.98. The summed E-state index contributed by atoms with van der Waals surface area (Å²) >= 11 is 1.34. The molecule has 0 saturated heterocycles. The highest BCUT2D eigenvalue weighted by atomic mass is 32.1. The number of benzene rings is 2. The molecule has 4 rings (SSSR count). The van der Waals surface area contributed by atoms with Gasteiger partial charge in [0, 0.05) is 17.2 Å². The van der Waals surface area contributed by atoms with E-state index in [2.05, 4.69) is 15.4 Å². The zero-order valence-electron chi connectivity index (χ0n) is 16.6. The predicted molar refractivity (Wildman–Crippen MR) is 116 cm³/mol. The van der Waals surface area contributed by atoms with Crippen LogP contribution in [-0.4, -0.2) is 27.1 Å². The summed E-state index contributed by atoms with van der Waals surface area (Å²) in [6.45, 7) is 4.63. The van der Waals surface area contributed by atoms with Crippen LogP contribution in [0.15, 0.2) is 59.4 Å². The van der Waals surface area contributed by atoms with Gasteiger partial charge in [-0.1, -0.05) is 35.1 Å². The Kier molecular flexibility index (Phi) is 5.58. The van der Waals surface area contributed by atoms with Crippen molar-refractivity contribution in [3.8, 4) is 16.3 Å². The highest BCUT2D eigenvalue weighted by Crippen LogP contribution is 2.24. The maximum atomic E-state index is 12.5. The summed E-state index contributed by atoms with van der Waals surface area (Å²) in [5.74, 6) is 0.466. The van der Waals surface area contributed by atoms with E-state index in [0.29, 0.717) is 28.6 Å². The topological polar surface area (TPSA) is 85.6 Å². The summed E-state index contributed by atoms with van der Waals surface area (Å²) in [7, 11) is 0. The summed E-state index contributed by atoms with van der Waals surface area (Å²) in [6, 6.07) is 16.2. The number of aromatic nitrogens is 3. The van der Waals surface area contributed by atoms with Crippen LogP contribution in [0.3, 0.4) is 0 Å². The van der Waals surface area contributed by atoms with E-state index in [1.54, 1.807) is 24.3 Å². The van der Waals surface area contributed by atoms with Crippen molar-refractivity contribution in [2.24, 2.45) is 0 Å². The molecule has 1 amide bonds. The minimum absolute atomic E-state index is 0.148. The standard InChI is InChI=1S/C22H20N4O3S/c1-3-29-18-9-7-15(8-10-18)20(28)23-13-17-12-19(27)26-22(24-17)30-21(25-26)16-6-4-5-14(2)11-16/h4-12H,3,13H2,1-2H3,(H,23,28). The van der Waals surface area contributed by atoms with Gasteiger partial charge in [-0.15, -0.1) is 0 Å². The predicted octanol–water partition coefficient (Wildman–Crippen LogP) is 3.46. The number of amides is 1. The molecule has 8 heteroatoms. The lowest BCUT2D eigenvalue weighted by Crippen LogP contribution is -2.25. The van der Waals surface area contributed by atoms with Gasteiger partial charge < -0.3 is 10.1 Å². The molecule has 0 spiro atoms. The van der Waals surface area contributed by atoms with E-state index in [0.717, 1.165) is 16.1 Å². The van der Waals surface area contributed by atoms with Gasteiger partial charge in [-0.05, 0) is 44.2 Å². The van der Waals surface area contributed by atoms with Gasteiger partial charge in [0.25, 0.3) is 11.5 Å². The molecule has 2 heterocycles. The molecule has 0 atom stereocenters. The van der Waals surface area contributed by atoms with E-state index < -0.39 is 0 Å². The van der Waals surface area contributed by atoms with Crippen LogP contribution in [0.2, 0.25) is 0 Å². The number of ether oxygens (including phenoxy) is 1. The van der Waals surface area contributed by atoms with E-state index in [4.69, 9.17) is 4.74 Å². The van der Waals surface area contributed by atoms with Crippen LogP contribution in [0.5, 0.6) is 5.75 Å². The second-order valence-electron chi connectivity index (χ2n) is 6.70. The summed E-state index contributed by atoms with van der Waals surface area (Å²) in [5.41, 5.74) is 2.77. The molecular weight excluding hydrogens is 400 g/mol. The van der Waals surface area contributed by atoms with Gasteiger partial charge in [0.05, 0.1) is 18.8 Å². The summed E-state index contributed by atoms with van der Waals surface area (Å²) in [6.07, 6.45) is 0. The van der Waals surface area contributed by atoms with Gasteiger partial charge in [-0.25, -0.2) is 4.98 Å². The Morgan fingerprint density at radius 2 is 1.97 bits per heavy atom. The lowest BCUT2D eigenvalue weighted by molar-refractivity contribution is 0.0950. The smallest absolute Gasteiger partial charge is 0.275 e. The van der Waals surface area contributed by atoms with Gasteiger partial charge in [-0.2, -0.15) is 9.61 Å². The van der Waals surface area contributed by atoms with Crippen molar-refractivity contribution < 1.29 is 9.53 Å². The average Bonchev–Trinajstić information content (AvgIpc) is 3.18. The Bertz CT molecular complexity index is 1260. The molecule has 0 fully saturated rings. The van der Waals surface area contributed by atoms with Gasteiger partial charge in [0.1, 0.15) is 10.8 Å². The van der Waals surface area contributed by atoms with Crippen LogP contribution in [0, 0.1) is 6.92 Å². The van der Waals surface area contributed by atoms with Gasteiger partial charge in [0.2, 0.25) is 4.96 Å². The molecule has 30 heavy (non-hydrogen) atoms. The number of hydrogen-bond acceptors (Lipinski definition) is 6. The normalized spacial score (nSPS) is 10.9. The molecule has 0 aliphatic rings. The summed E-state index contributed by atoms with van der Waals surface area (Å²) in [5, 5.41) is 7.91. The highest BCUT2D eigenvalue weighted by Gasteiger charge is 2.12. The first-order valence-electron chi connectivity index (χ1n) is 9.51. The largest absolute Gasteiger partial charge is 0.494 e. The molecule has 2 aromatic heterocycles. The van der Waals surface area contributed by atoms with Crippen molar-refractivity contribution in [3.05, 3.63) is 81.8 Å². The Morgan fingerprint density at radius 3 is 2.70 bits per heavy atom. The van der Waals surface area contributed by atoms with Gasteiger partial charge in [0.15, 0.2) is 0 Å². The van der Waals surface area contributed by atoms with E-state index in [1.165, 1.54) is 21.9 Å². The first-order valence-corrected chi connectivity index (χ1v) is 10.3. The number of hydrogen-bond donors (Lipinski definition) is 1. The van der Waals surface area contributed by atoms with E-state index in [-0.39, 0.29) is 18.0 Å². The number of fused-ring (bicyclic) bond motifs is 1. The van der Waals surface area contributed by atoms with Crippen molar-refractivity contribution >= 4 is 22.2 Å². The quantitative estimate of drug-likeness (QED) is 0.516. The lowest BCUT2D eigenvalue weighted by Gasteiger charge is -2.06. The fourth-order valence-corrected chi connectivity index (χ4v) is 3.90. The van der Waals surface area contributed by atoms with Gasteiger partial charge >= 0.3 is 0 Å². The second-order valence-corrected chi connectivity index (χ2v) is 7.65. The molecule has 0 aliphatic carbocycles. The van der Waals surface area contributed by atoms with Crippen LogP contribution < -0.4 is 15.6 Å². The van der Waals surface area contributed by atoms with E-state index in [1.807, 2.05) is 38.1 Å². The molecule has 0 saturated carbocycles. The number of carbonyl (C=O) groups excluding carboxylic acids is 1. The molecule has 4 aromatic rings. The molecule has 0 aliphatic heterocycles. The zero-order chi connectivity index (χ0) is 21.1. The van der Waals surface area contributed by atoms with Gasteiger partial charge in [-0.3, -0.25) is 9.59 Å². The SMILES string of the molecule is CCOc1ccc(C(=O)NCc2cc(=O)n3nc(-c4cccc(C)c4)sc3n2)cc1. The van der Waals surface area contributed by atoms with E-state index in [9.17, 15) is 9.59 Å². The number of nitrogens with one attached hydrogen (secondary N) is 1. The Morgan fingerprint density at radius 1 is 1.17 bits per heavy atom.